The van der Waals surface area contributed by atoms with Gasteiger partial charge in [0.2, 0.25) is 5.91 Å². The summed E-state index contributed by atoms with van der Waals surface area (Å²) in [5.41, 5.74) is 1.89. The highest BCUT2D eigenvalue weighted by atomic mass is 16.1. The fourth-order valence-electron chi connectivity index (χ4n) is 0.953. The summed E-state index contributed by atoms with van der Waals surface area (Å²) >= 11 is 0. The minimum absolute atomic E-state index is 0.0648. The second-order valence-electron chi connectivity index (χ2n) is 2.62. The summed E-state index contributed by atoms with van der Waals surface area (Å²) in [4.78, 5) is 14.7. The molecule has 0 aliphatic carbocycles. The summed E-state index contributed by atoms with van der Waals surface area (Å²) in [5.74, 6) is -0.0648. The number of nitrogens with one attached hydrogen (secondary N) is 1. The Morgan fingerprint density at radius 3 is 2.92 bits per heavy atom. The number of nitrogens with zero attached hydrogens (tertiary/aromatic N) is 1. The first kappa shape index (κ1) is 8.71. The largest absolute Gasteiger partial charge is 0.325 e. The first-order valence-corrected chi connectivity index (χ1v) is 3.94. The molecule has 0 radical (unpaired) electrons. The lowest BCUT2D eigenvalue weighted by molar-refractivity contribution is -0.114. The third-order valence-electron chi connectivity index (χ3n) is 1.52. The van der Waals surface area contributed by atoms with E-state index in [2.05, 4.69) is 17.2 Å². The van der Waals surface area contributed by atoms with Crippen molar-refractivity contribution < 1.29 is 4.79 Å². The van der Waals surface area contributed by atoms with Crippen LogP contribution in [-0.2, 0) is 11.2 Å². The van der Waals surface area contributed by atoms with Gasteiger partial charge in [-0.3, -0.25) is 9.78 Å². The number of aromatic nitrogens is 1. The van der Waals surface area contributed by atoms with E-state index in [0.29, 0.717) is 0 Å². The van der Waals surface area contributed by atoms with Crippen LogP contribution in [0, 0.1) is 0 Å². The minimum Gasteiger partial charge on any atom is -0.325 e. The van der Waals surface area contributed by atoms with E-state index in [1.165, 1.54) is 6.92 Å². The van der Waals surface area contributed by atoms with Gasteiger partial charge in [0.05, 0.1) is 11.9 Å². The Morgan fingerprint density at radius 2 is 2.33 bits per heavy atom. The molecular formula is C9H12N2O. The van der Waals surface area contributed by atoms with Gasteiger partial charge in [-0.15, -0.1) is 0 Å². The number of carbonyl (C=O) groups is 1. The molecule has 0 bridgehead atoms. The van der Waals surface area contributed by atoms with Crippen molar-refractivity contribution in [2.45, 2.75) is 20.3 Å². The lowest BCUT2D eigenvalue weighted by atomic mass is 10.2. The van der Waals surface area contributed by atoms with Gasteiger partial charge in [0.15, 0.2) is 0 Å². The monoisotopic (exact) mass is 164 g/mol. The molecule has 0 aromatic carbocycles. The van der Waals surface area contributed by atoms with Crippen LogP contribution in [0.15, 0.2) is 18.5 Å². The van der Waals surface area contributed by atoms with Gasteiger partial charge >= 0.3 is 0 Å². The molecule has 1 rings (SSSR count). The molecule has 64 valence electrons. The van der Waals surface area contributed by atoms with Crippen LogP contribution in [0.4, 0.5) is 5.69 Å². The second kappa shape index (κ2) is 3.85. The Kier molecular flexibility index (Phi) is 2.80. The van der Waals surface area contributed by atoms with E-state index in [9.17, 15) is 4.79 Å². The summed E-state index contributed by atoms with van der Waals surface area (Å²) in [7, 11) is 0. The average molecular weight is 164 g/mol. The molecule has 0 spiro atoms. The lowest BCUT2D eigenvalue weighted by Crippen LogP contribution is -2.06. The van der Waals surface area contributed by atoms with Crippen molar-refractivity contribution in [2.24, 2.45) is 0 Å². The van der Waals surface area contributed by atoms with Gasteiger partial charge in [-0.1, -0.05) is 6.92 Å². The molecule has 0 unspecified atom stereocenters. The molecule has 1 heterocycles. The van der Waals surface area contributed by atoms with E-state index in [4.69, 9.17) is 0 Å². The normalized spacial score (nSPS) is 9.50. The van der Waals surface area contributed by atoms with Gasteiger partial charge in [0.25, 0.3) is 0 Å². The van der Waals surface area contributed by atoms with Crippen LogP contribution in [0.2, 0.25) is 0 Å². The van der Waals surface area contributed by atoms with Crippen LogP contribution in [0.1, 0.15) is 19.4 Å². The average Bonchev–Trinajstić information content (AvgIpc) is 2.03. The summed E-state index contributed by atoms with van der Waals surface area (Å²) in [6.45, 7) is 3.53. The van der Waals surface area contributed by atoms with Crippen LogP contribution in [-0.4, -0.2) is 10.9 Å². The number of pyridine rings is 1. The smallest absolute Gasteiger partial charge is 0.221 e. The van der Waals surface area contributed by atoms with Gasteiger partial charge in [0, 0.05) is 13.1 Å². The molecule has 0 aliphatic heterocycles. The first-order chi connectivity index (χ1) is 5.72. The van der Waals surface area contributed by atoms with Gasteiger partial charge in [0.1, 0.15) is 0 Å². The highest BCUT2D eigenvalue weighted by Gasteiger charge is 1.96. The fraction of sp³-hybridized carbons (Fsp3) is 0.333. The van der Waals surface area contributed by atoms with Crippen molar-refractivity contribution in [3.8, 4) is 0 Å². The zero-order chi connectivity index (χ0) is 8.97. The molecule has 1 N–H and O–H groups in total. The minimum atomic E-state index is -0.0648. The SMILES string of the molecule is CCc1cncc(NC(C)=O)c1. The molecular weight excluding hydrogens is 152 g/mol. The predicted molar refractivity (Wildman–Crippen MR) is 47.9 cm³/mol. The van der Waals surface area contributed by atoms with E-state index < -0.39 is 0 Å². The topological polar surface area (TPSA) is 42.0 Å². The van der Waals surface area contributed by atoms with E-state index in [-0.39, 0.29) is 5.91 Å². The predicted octanol–water partition coefficient (Wildman–Crippen LogP) is 1.60. The van der Waals surface area contributed by atoms with Gasteiger partial charge in [-0.25, -0.2) is 0 Å². The van der Waals surface area contributed by atoms with Crippen LogP contribution in [0.3, 0.4) is 0 Å². The van der Waals surface area contributed by atoms with Crippen LogP contribution in [0.5, 0.6) is 0 Å². The first-order valence-electron chi connectivity index (χ1n) is 3.94. The van der Waals surface area contributed by atoms with Gasteiger partial charge in [-0.05, 0) is 18.1 Å². The van der Waals surface area contributed by atoms with Crippen molar-refractivity contribution in [3.05, 3.63) is 24.0 Å². The Labute approximate surface area is 71.8 Å². The Hall–Kier alpha value is -1.38. The molecule has 0 saturated heterocycles. The van der Waals surface area contributed by atoms with Crippen LogP contribution >= 0.6 is 0 Å². The molecule has 0 atom stereocenters. The van der Waals surface area contributed by atoms with E-state index in [1.54, 1.807) is 12.4 Å². The summed E-state index contributed by atoms with van der Waals surface area (Å²) in [6, 6.07) is 1.92. The fourth-order valence-corrected chi connectivity index (χ4v) is 0.953. The number of anilines is 1. The third kappa shape index (κ3) is 2.34. The van der Waals surface area contributed by atoms with E-state index >= 15 is 0 Å². The number of rotatable bonds is 2. The van der Waals surface area contributed by atoms with Crippen molar-refractivity contribution in [2.75, 3.05) is 5.32 Å². The molecule has 3 heteroatoms. The maximum Gasteiger partial charge on any atom is 0.221 e. The third-order valence-corrected chi connectivity index (χ3v) is 1.52. The molecule has 1 aromatic rings. The molecule has 1 amide bonds. The van der Waals surface area contributed by atoms with Crippen molar-refractivity contribution in [1.29, 1.82) is 0 Å². The summed E-state index contributed by atoms with van der Waals surface area (Å²) < 4.78 is 0. The molecule has 0 fully saturated rings. The quantitative estimate of drug-likeness (QED) is 0.721. The molecule has 3 nitrogen and oxygen atoms in total. The maximum atomic E-state index is 10.7. The molecule has 1 aromatic heterocycles. The van der Waals surface area contributed by atoms with Gasteiger partial charge in [-0.2, -0.15) is 0 Å². The highest BCUT2D eigenvalue weighted by Crippen LogP contribution is 2.08. The van der Waals surface area contributed by atoms with Gasteiger partial charge < -0.3 is 5.32 Å². The van der Waals surface area contributed by atoms with Crippen molar-refractivity contribution in [1.82, 2.24) is 4.98 Å². The van der Waals surface area contributed by atoms with Crippen molar-refractivity contribution in [3.63, 3.8) is 0 Å². The highest BCUT2D eigenvalue weighted by molar-refractivity contribution is 5.88. The number of amides is 1. The Balaban J connectivity index is 2.79. The maximum absolute atomic E-state index is 10.7. The standard InChI is InChI=1S/C9H12N2O/c1-3-8-4-9(6-10-5-8)11-7(2)12/h4-6H,3H2,1-2H3,(H,11,12). The number of hydrogen-bond donors (Lipinski definition) is 1. The summed E-state index contributed by atoms with van der Waals surface area (Å²) in [6.07, 6.45) is 4.37. The second-order valence-corrected chi connectivity index (χ2v) is 2.62. The molecule has 12 heavy (non-hydrogen) atoms. The zero-order valence-electron chi connectivity index (χ0n) is 7.29. The number of hydrogen-bond acceptors (Lipinski definition) is 2. The molecule has 0 aliphatic rings. The van der Waals surface area contributed by atoms with Crippen LogP contribution in [0.25, 0.3) is 0 Å². The van der Waals surface area contributed by atoms with E-state index in [1.807, 2.05) is 6.07 Å². The lowest BCUT2D eigenvalue weighted by Gasteiger charge is -2.02. The molecule has 0 saturated carbocycles. The van der Waals surface area contributed by atoms with E-state index in [0.717, 1.165) is 17.7 Å². The van der Waals surface area contributed by atoms with Crippen LogP contribution < -0.4 is 5.32 Å². The summed E-state index contributed by atoms with van der Waals surface area (Å²) in [5, 5.41) is 2.68. The number of carbonyl (C=O) groups excluding carboxylic acids is 1. The zero-order valence-corrected chi connectivity index (χ0v) is 7.29. The van der Waals surface area contributed by atoms with Crippen molar-refractivity contribution >= 4 is 11.6 Å². The number of aryl methyl sites for hydroxylation is 1. The Morgan fingerprint density at radius 1 is 1.58 bits per heavy atom. The Bertz CT molecular complexity index is 284.